The van der Waals surface area contributed by atoms with Gasteiger partial charge >= 0.3 is 0 Å². The van der Waals surface area contributed by atoms with E-state index in [1.54, 1.807) is 6.20 Å². The number of aryl methyl sites for hydroxylation is 2. The highest BCUT2D eigenvalue weighted by molar-refractivity contribution is 4.91. The van der Waals surface area contributed by atoms with Gasteiger partial charge in [-0.05, 0) is 27.2 Å². The minimum atomic E-state index is -0.420. The molecule has 4 nitrogen and oxygen atoms in total. The van der Waals surface area contributed by atoms with Gasteiger partial charge in [0.2, 0.25) is 0 Å². The van der Waals surface area contributed by atoms with Gasteiger partial charge in [-0.1, -0.05) is 0 Å². The Kier molecular flexibility index (Phi) is 4.50. The van der Waals surface area contributed by atoms with Crippen LogP contribution in [0.1, 0.15) is 33.0 Å². The van der Waals surface area contributed by atoms with Crippen molar-refractivity contribution in [3.8, 4) is 0 Å². The topological polar surface area (TPSA) is 47.3 Å². The number of imidazole rings is 1. The molecule has 1 aromatic heterocycles. The maximum absolute atomic E-state index is 9.74. The minimum Gasteiger partial charge on any atom is -0.391 e. The number of ether oxygens (including phenoxy) is 1. The maximum Gasteiger partial charge on any atom is 0.108 e. The summed E-state index contributed by atoms with van der Waals surface area (Å²) in [6.45, 7) is 6.34. The van der Waals surface area contributed by atoms with Crippen LogP contribution >= 0.6 is 0 Å². The molecule has 1 N–H and O–H groups in total. The smallest absolute Gasteiger partial charge is 0.108 e. The average Bonchev–Trinajstić information content (AvgIpc) is 2.57. The summed E-state index contributed by atoms with van der Waals surface area (Å²) in [5, 5.41) is 9.74. The lowest BCUT2D eigenvalue weighted by atomic mass is 10.1. The van der Waals surface area contributed by atoms with Crippen LogP contribution in [-0.4, -0.2) is 33.0 Å². The largest absolute Gasteiger partial charge is 0.391 e. The van der Waals surface area contributed by atoms with Crippen LogP contribution in [-0.2, 0) is 18.2 Å². The zero-order valence-corrected chi connectivity index (χ0v) is 10.6. The summed E-state index contributed by atoms with van der Waals surface area (Å²) >= 11 is 0. The van der Waals surface area contributed by atoms with Crippen molar-refractivity contribution in [1.82, 2.24) is 9.55 Å². The van der Waals surface area contributed by atoms with E-state index in [0.29, 0.717) is 13.0 Å². The van der Waals surface area contributed by atoms with Crippen LogP contribution in [0, 0.1) is 0 Å². The van der Waals surface area contributed by atoms with E-state index in [0.717, 1.165) is 12.2 Å². The van der Waals surface area contributed by atoms with E-state index in [4.69, 9.17) is 4.74 Å². The number of rotatable bonds is 5. The maximum atomic E-state index is 9.74. The van der Waals surface area contributed by atoms with Crippen molar-refractivity contribution in [1.29, 1.82) is 0 Å². The molecule has 1 atom stereocenters. The van der Waals surface area contributed by atoms with Crippen LogP contribution in [0.25, 0.3) is 0 Å². The molecule has 16 heavy (non-hydrogen) atoms. The Morgan fingerprint density at radius 3 is 2.69 bits per heavy atom. The fourth-order valence-electron chi connectivity index (χ4n) is 1.36. The van der Waals surface area contributed by atoms with Gasteiger partial charge in [-0.15, -0.1) is 0 Å². The van der Waals surface area contributed by atoms with Crippen molar-refractivity contribution in [2.75, 3.05) is 6.61 Å². The minimum absolute atomic E-state index is 0.190. The number of hydrogen-bond donors (Lipinski definition) is 1. The molecule has 0 saturated heterocycles. The van der Waals surface area contributed by atoms with Crippen molar-refractivity contribution in [2.24, 2.45) is 7.05 Å². The number of aliphatic hydroxyl groups excluding tert-OH is 1. The predicted molar refractivity (Wildman–Crippen MR) is 63.2 cm³/mol. The average molecular weight is 226 g/mol. The van der Waals surface area contributed by atoms with Crippen molar-refractivity contribution in [3.05, 3.63) is 18.2 Å². The summed E-state index contributed by atoms with van der Waals surface area (Å²) in [5.41, 5.74) is -0.190. The molecule has 0 bridgehead atoms. The Hall–Kier alpha value is -0.870. The van der Waals surface area contributed by atoms with Gasteiger partial charge in [-0.2, -0.15) is 0 Å². The zero-order chi connectivity index (χ0) is 12.2. The Morgan fingerprint density at radius 1 is 1.50 bits per heavy atom. The summed E-state index contributed by atoms with van der Waals surface area (Å²) < 4.78 is 7.48. The molecule has 92 valence electrons. The monoisotopic (exact) mass is 226 g/mol. The molecule has 1 unspecified atom stereocenters. The van der Waals surface area contributed by atoms with E-state index in [1.165, 1.54) is 0 Å². The molecule has 0 spiro atoms. The van der Waals surface area contributed by atoms with Gasteiger partial charge in [0, 0.05) is 25.9 Å². The lowest BCUT2D eigenvalue weighted by Gasteiger charge is -2.21. The second kappa shape index (κ2) is 5.46. The summed E-state index contributed by atoms with van der Waals surface area (Å²) in [6, 6.07) is 0. The Labute approximate surface area is 97.3 Å². The van der Waals surface area contributed by atoms with Gasteiger partial charge in [0.15, 0.2) is 0 Å². The summed E-state index contributed by atoms with van der Waals surface area (Å²) in [6.07, 6.45) is 4.72. The van der Waals surface area contributed by atoms with Crippen molar-refractivity contribution >= 4 is 0 Å². The Bertz CT molecular complexity index is 315. The molecular formula is C12H22N2O2. The standard InChI is InChI=1S/C12H22N2O2/c1-12(2,3)16-9-10(15)5-6-11-13-7-8-14(11)4/h7-8,10,15H,5-6,9H2,1-4H3. The lowest BCUT2D eigenvalue weighted by Crippen LogP contribution is -2.26. The highest BCUT2D eigenvalue weighted by Gasteiger charge is 2.14. The second-order valence-electron chi connectivity index (χ2n) is 5.07. The first kappa shape index (κ1) is 13.2. The third-order valence-corrected chi connectivity index (χ3v) is 2.33. The fraction of sp³-hybridized carbons (Fsp3) is 0.750. The molecular weight excluding hydrogens is 204 g/mol. The summed E-state index contributed by atoms with van der Waals surface area (Å²) in [5.74, 6) is 0.995. The van der Waals surface area contributed by atoms with E-state index in [2.05, 4.69) is 4.98 Å². The molecule has 4 heteroatoms. The molecule has 0 aliphatic heterocycles. The molecule has 0 saturated carbocycles. The lowest BCUT2D eigenvalue weighted by molar-refractivity contribution is -0.0504. The van der Waals surface area contributed by atoms with Crippen LogP contribution in [0.3, 0.4) is 0 Å². The third-order valence-electron chi connectivity index (χ3n) is 2.33. The van der Waals surface area contributed by atoms with Gasteiger partial charge in [0.05, 0.1) is 18.3 Å². The SMILES string of the molecule is Cn1ccnc1CCC(O)COC(C)(C)C. The van der Waals surface area contributed by atoms with Gasteiger partial charge < -0.3 is 14.4 Å². The molecule has 1 rings (SSSR count). The second-order valence-corrected chi connectivity index (χ2v) is 5.07. The van der Waals surface area contributed by atoms with Crippen LogP contribution in [0.2, 0.25) is 0 Å². The molecule has 1 heterocycles. The van der Waals surface area contributed by atoms with Crippen LogP contribution < -0.4 is 0 Å². The Balaban J connectivity index is 2.25. The number of aliphatic hydroxyl groups is 1. The molecule has 0 radical (unpaired) electrons. The van der Waals surface area contributed by atoms with Crippen molar-refractivity contribution in [3.63, 3.8) is 0 Å². The first-order valence-electron chi connectivity index (χ1n) is 5.67. The molecule has 0 amide bonds. The predicted octanol–water partition coefficient (Wildman–Crippen LogP) is 1.53. The van der Waals surface area contributed by atoms with Crippen LogP contribution in [0.15, 0.2) is 12.4 Å². The van der Waals surface area contributed by atoms with E-state index in [1.807, 2.05) is 38.6 Å². The van der Waals surface area contributed by atoms with Gasteiger partial charge in [0.1, 0.15) is 5.82 Å². The van der Waals surface area contributed by atoms with E-state index in [-0.39, 0.29) is 5.60 Å². The quantitative estimate of drug-likeness (QED) is 0.828. The third kappa shape index (κ3) is 4.77. The molecule has 1 aromatic rings. The summed E-state index contributed by atoms with van der Waals surface area (Å²) in [7, 11) is 1.96. The summed E-state index contributed by atoms with van der Waals surface area (Å²) in [4.78, 5) is 4.21. The highest BCUT2D eigenvalue weighted by atomic mass is 16.5. The molecule has 0 aromatic carbocycles. The van der Waals surface area contributed by atoms with E-state index < -0.39 is 6.10 Å². The zero-order valence-electron chi connectivity index (χ0n) is 10.6. The molecule has 0 aliphatic carbocycles. The molecule has 0 aliphatic rings. The molecule has 0 fully saturated rings. The van der Waals surface area contributed by atoms with Crippen LogP contribution in [0.5, 0.6) is 0 Å². The van der Waals surface area contributed by atoms with Crippen molar-refractivity contribution < 1.29 is 9.84 Å². The Morgan fingerprint density at radius 2 is 2.19 bits per heavy atom. The van der Waals surface area contributed by atoms with Gasteiger partial charge in [0.25, 0.3) is 0 Å². The highest BCUT2D eigenvalue weighted by Crippen LogP contribution is 2.09. The van der Waals surface area contributed by atoms with Gasteiger partial charge in [-0.25, -0.2) is 4.98 Å². The van der Waals surface area contributed by atoms with Crippen LogP contribution in [0.4, 0.5) is 0 Å². The van der Waals surface area contributed by atoms with Crippen molar-refractivity contribution in [2.45, 2.75) is 45.3 Å². The number of aromatic nitrogens is 2. The van der Waals surface area contributed by atoms with Gasteiger partial charge in [-0.3, -0.25) is 0 Å². The van der Waals surface area contributed by atoms with E-state index in [9.17, 15) is 5.11 Å². The fourth-order valence-corrected chi connectivity index (χ4v) is 1.36. The normalized spacial score (nSPS) is 14.1. The number of nitrogens with zero attached hydrogens (tertiary/aromatic N) is 2. The first-order valence-corrected chi connectivity index (χ1v) is 5.67. The number of hydrogen-bond acceptors (Lipinski definition) is 3. The van der Waals surface area contributed by atoms with E-state index >= 15 is 0 Å². The first-order chi connectivity index (χ1) is 7.38.